The number of aromatic nitrogens is 1. The maximum atomic E-state index is 8.06. The Hall–Kier alpha value is -0.410. The fourth-order valence-corrected chi connectivity index (χ4v) is 0.607. The second-order valence-electron chi connectivity index (χ2n) is 2.77. The van der Waals surface area contributed by atoms with Crippen molar-refractivity contribution in [3.63, 3.8) is 0 Å². The lowest BCUT2D eigenvalue weighted by molar-refractivity contribution is 0.216. The van der Waals surface area contributed by atoms with Crippen LogP contribution in [0.2, 0.25) is 0 Å². The Balaban J connectivity index is 0. The van der Waals surface area contributed by atoms with E-state index in [1.165, 1.54) is 0 Å². The summed E-state index contributed by atoms with van der Waals surface area (Å²) in [6, 6.07) is 5.96. The van der Waals surface area contributed by atoms with Gasteiger partial charge in [-0.25, -0.2) is 0 Å². The highest BCUT2D eigenvalue weighted by Crippen LogP contribution is 1.91. The summed E-state index contributed by atoms with van der Waals surface area (Å²) in [4.78, 5) is 4.10. The summed E-state index contributed by atoms with van der Waals surface area (Å²) >= 11 is 0. The highest BCUT2D eigenvalue weighted by Gasteiger charge is 1.81. The molecule has 0 atom stereocenters. The molecule has 1 N–H and O–H groups in total. The molecule has 1 heterocycles. The Morgan fingerprint density at radius 3 is 2.15 bits per heavy atom. The molecule has 0 aliphatic heterocycles. The van der Waals surface area contributed by atoms with Crippen LogP contribution in [0.3, 0.4) is 0 Å². The van der Waals surface area contributed by atoms with Crippen LogP contribution in [-0.2, 0) is 6.42 Å². The number of nitrogens with zero attached hydrogens (tertiary/aromatic N) is 1. The lowest BCUT2D eigenvalue weighted by atomic mass is 10.3. The zero-order valence-electron chi connectivity index (χ0n) is 8.40. The third-order valence-electron chi connectivity index (χ3n) is 1.09. The number of pyridine rings is 1. The lowest BCUT2D eigenvalue weighted by Crippen LogP contribution is -1.85. The predicted octanol–water partition coefficient (Wildman–Crippen LogP) is 2.61. The third-order valence-corrected chi connectivity index (χ3v) is 1.09. The summed E-state index contributed by atoms with van der Waals surface area (Å²) in [5.74, 6) is 0. The van der Waals surface area contributed by atoms with Gasteiger partial charge in [0.05, 0.1) is 0 Å². The van der Waals surface area contributed by atoms with Gasteiger partial charge in [-0.3, -0.25) is 4.98 Å². The molecule has 2 nitrogen and oxygen atoms in total. The van der Waals surface area contributed by atoms with Crippen LogP contribution in [0.1, 0.15) is 26.5 Å². The molecule has 76 valence electrons. The molecule has 0 aliphatic carbocycles. The molecule has 1 rings (SSSR count). The average molecular weight is 248 g/mol. The Labute approximate surface area is 90.8 Å². The smallest absolute Gasteiger partial charge is 0.0483 e. The first-order valence-electron chi connectivity index (χ1n) is 4.24. The lowest BCUT2D eigenvalue weighted by Gasteiger charge is -1.88. The Morgan fingerprint density at radius 1 is 1.38 bits per heavy atom. The van der Waals surface area contributed by atoms with Crippen molar-refractivity contribution in [2.75, 3.05) is 0 Å². The highest BCUT2D eigenvalue weighted by atomic mass is 79.9. The Morgan fingerprint density at radius 2 is 1.92 bits per heavy atom. The first kappa shape index (κ1) is 15.1. The molecule has 13 heavy (non-hydrogen) atoms. The summed E-state index contributed by atoms with van der Waals surface area (Å²) in [7, 11) is 0. The van der Waals surface area contributed by atoms with Crippen LogP contribution < -0.4 is 0 Å². The third kappa shape index (κ3) is 11.6. The van der Waals surface area contributed by atoms with E-state index < -0.39 is 0 Å². The van der Waals surface area contributed by atoms with Crippen LogP contribution in [0.4, 0.5) is 0 Å². The molecule has 1 aromatic heterocycles. The number of rotatable bonds is 1. The van der Waals surface area contributed by atoms with E-state index in [0.29, 0.717) is 0 Å². The summed E-state index contributed by atoms with van der Waals surface area (Å²) in [5, 5.41) is 8.06. The van der Waals surface area contributed by atoms with E-state index in [1.54, 1.807) is 13.8 Å². The van der Waals surface area contributed by atoms with Crippen LogP contribution in [0, 0.1) is 0 Å². The van der Waals surface area contributed by atoms with Crippen LogP contribution in [0.5, 0.6) is 0 Å². The molecular formula is C10H18BrNO. The molecule has 0 saturated carbocycles. The van der Waals surface area contributed by atoms with Gasteiger partial charge >= 0.3 is 0 Å². The van der Waals surface area contributed by atoms with E-state index in [2.05, 4.69) is 11.9 Å². The minimum Gasteiger partial charge on any atom is -0.394 e. The molecule has 0 spiro atoms. The number of hydrogen-bond acceptors (Lipinski definition) is 2. The van der Waals surface area contributed by atoms with Crippen molar-refractivity contribution in [2.24, 2.45) is 0 Å². The van der Waals surface area contributed by atoms with Gasteiger partial charge < -0.3 is 5.11 Å². The van der Waals surface area contributed by atoms with Crippen molar-refractivity contribution in [3.8, 4) is 0 Å². The first-order chi connectivity index (χ1) is 5.66. The second-order valence-corrected chi connectivity index (χ2v) is 2.77. The van der Waals surface area contributed by atoms with Crippen molar-refractivity contribution < 1.29 is 5.11 Å². The van der Waals surface area contributed by atoms with Crippen molar-refractivity contribution in [1.29, 1.82) is 0 Å². The van der Waals surface area contributed by atoms with E-state index in [1.807, 2.05) is 24.4 Å². The fourth-order valence-electron chi connectivity index (χ4n) is 0.607. The zero-order valence-corrected chi connectivity index (χ0v) is 10.1. The molecular weight excluding hydrogens is 230 g/mol. The quantitative estimate of drug-likeness (QED) is 0.828. The minimum atomic E-state index is -0.167. The average Bonchev–Trinajstić information content (AvgIpc) is 2.05. The molecule has 1 aromatic rings. The molecule has 0 amide bonds. The minimum absolute atomic E-state index is 0. The van der Waals surface area contributed by atoms with Crippen LogP contribution in [0.25, 0.3) is 0 Å². The summed E-state index contributed by atoms with van der Waals surface area (Å²) in [6.45, 7) is 5.54. The number of aryl methyl sites for hydroxylation is 1. The van der Waals surface area contributed by atoms with Gasteiger partial charge in [-0.15, -0.1) is 17.0 Å². The zero-order chi connectivity index (χ0) is 9.40. The number of aliphatic hydroxyl groups is 1. The SMILES string of the molecule is Br.CC(C)O.CCc1ccccn1. The van der Waals surface area contributed by atoms with E-state index >= 15 is 0 Å². The number of hydrogen-bond donors (Lipinski definition) is 1. The van der Waals surface area contributed by atoms with E-state index in [0.717, 1.165) is 12.1 Å². The summed E-state index contributed by atoms with van der Waals surface area (Å²) < 4.78 is 0. The van der Waals surface area contributed by atoms with Gasteiger partial charge in [0, 0.05) is 18.0 Å². The van der Waals surface area contributed by atoms with E-state index in [-0.39, 0.29) is 23.1 Å². The largest absolute Gasteiger partial charge is 0.394 e. The van der Waals surface area contributed by atoms with E-state index in [4.69, 9.17) is 5.11 Å². The standard InChI is InChI=1S/C7H9N.C3H8O.BrH/c1-2-7-5-3-4-6-8-7;1-3(2)4;/h3-6H,2H2,1H3;3-4H,1-2H3;1H. The molecule has 0 saturated heterocycles. The van der Waals surface area contributed by atoms with Crippen LogP contribution in [0.15, 0.2) is 24.4 Å². The summed E-state index contributed by atoms with van der Waals surface area (Å²) in [5.41, 5.74) is 1.16. The molecule has 0 bridgehead atoms. The van der Waals surface area contributed by atoms with Crippen LogP contribution >= 0.6 is 17.0 Å². The molecule has 3 heteroatoms. The molecule has 0 fully saturated rings. The topological polar surface area (TPSA) is 33.1 Å². The van der Waals surface area contributed by atoms with Gasteiger partial charge in [-0.2, -0.15) is 0 Å². The van der Waals surface area contributed by atoms with E-state index in [9.17, 15) is 0 Å². The molecule has 0 aromatic carbocycles. The van der Waals surface area contributed by atoms with Gasteiger partial charge in [0.2, 0.25) is 0 Å². The van der Waals surface area contributed by atoms with Gasteiger partial charge in [0.1, 0.15) is 0 Å². The molecule has 0 unspecified atom stereocenters. The maximum Gasteiger partial charge on any atom is 0.0483 e. The van der Waals surface area contributed by atoms with Crippen molar-refractivity contribution >= 4 is 17.0 Å². The van der Waals surface area contributed by atoms with Gasteiger partial charge in [-0.1, -0.05) is 13.0 Å². The number of halogens is 1. The normalized spacial score (nSPS) is 8.38. The Bertz CT molecular complexity index is 187. The van der Waals surface area contributed by atoms with Crippen molar-refractivity contribution in [2.45, 2.75) is 33.3 Å². The van der Waals surface area contributed by atoms with Gasteiger partial charge in [-0.05, 0) is 32.4 Å². The monoisotopic (exact) mass is 247 g/mol. The molecule has 0 radical (unpaired) electrons. The van der Waals surface area contributed by atoms with Crippen LogP contribution in [-0.4, -0.2) is 16.2 Å². The number of aliphatic hydroxyl groups excluding tert-OH is 1. The maximum absolute atomic E-state index is 8.06. The Kier molecular flexibility index (Phi) is 11.2. The van der Waals surface area contributed by atoms with Gasteiger partial charge in [0.25, 0.3) is 0 Å². The second kappa shape index (κ2) is 9.68. The summed E-state index contributed by atoms with van der Waals surface area (Å²) in [6.07, 6.45) is 2.68. The molecule has 0 aliphatic rings. The van der Waals surface area contributed by atoms with Gasteiger partial charge in [0.15, 0.2) is 0 Å². The van der Waals surface area contributed by atoms with Crippen molar-refractivity contribution in [1.82, 2.24) is 4.98 Å². The van der Waals surface area contributed by atoms with Crippen molar-refractivity contribution in [3.05, 3.63) is 30.1 Å². The highest BCUT2D eigenvalue weighted by molar-refractivity contribution is 8.93. The first-order valence-corrected chi connectivity index (χ1v) is 4.24. The fraction of sp³-hybridized carbons (Fsp3) is 0.500. The predicted molar refractivity (Wildman–Crippen MR) is 61.3 cm³/mol.